The Bertz CT molecular complexity index is 3290. The molecule has 0 bridgehead atoms. The molecule has 10 aromatic rings. The van der Waals surface area contributed by atoms with Crippen LogP contribution in [0.1, 0.15) is 22.8 Å². The first-order valence-corrected chi connectivity index (χ1v) is 21.1. The Morgan fingerprint density at radius 1 is 0.403 bits per heavy atom. The van der Waals surface area contributed by atoms with Crippen molar-refractivity contribution < 1.29 is 4.42 Å². The number of aromatic nitrogens is 3. The van der Waals surface area contributed by atoms with E-state index in [0.29, 0.717) is 17.5 Å². The molecule has 0 amide bonds. The van der Waals surface area contributed by atoms with Gasteiger partial charge in [-0.05, 0) is 75.4 Å². The summed E-state index contributed by atoms with van der Waals surface area (Å²) in [7, 11) is 0. The molecular weight excluding hydrogens is 757 g/mol. The molecule has 0 saturated carbocycles. The molecule has 62 heavy (non-hydrogen) atoms. The number of nitrogens with zero attached hydrogens (tertiary/aromatic N) is 4. The van der Waals surface area contributed by atoms with Crippen molar-refractivity contribution in [2.24, 2.45) is 0 Å². The van der Waals surface area contributed by atoms with Gasteiger partial charge in [0.2, 0.25) is 0 Å². The zero-order chi connectivity index (χ0) is 41.0. The Morgan fingerprint density at radius 2 is 0.887 bits per heavy atom. The summed E-state index contributed by atoms with van der Waals surface area (Å²) in [5.41, 5.74) is 15.5. The molecule has 1 aliphatic carbocycles. The van der Waals surface area contributed by atoms with E-state index in [2.05, 4.69) is 187 Å². The van der Waals surface area contributed by atoms with Crippen molar-refractivity contribution in [3.63, 3.8) is 0 Å². The molecule has 0 spiro atoms. The maximum atomic E-state index is 6.73. The van der Waals surface area contributed by atoms with Crippen molar-refractivity contribution in [1.29, 1.82) is 0 Å². The summed E-state index contributed by atoms with van der Waals surface area (Å²) >= 11 is 0. The highest BCUT2D eigenvalue weighted by molar-refractivity contribution is 5.92. The molecule has 5 nitrogen and oxygen atoms in total. The molecule has 5 heteroatoms. The van der Waals surface area contributed by atoms with E-state index in [1.54, 1.807) is 0 Å². The fraction of sp³-hybridized carbons (Fsp3) is 0.0351. The van der Waals surface area contributed by atoms with Crippen LogP contribution in [-0.4, -0.2) is 21.0 Å². The SMILES string of the molecule is C1=CC2C(c3ccccc3N2c2ccc(-c3cccc(-c4ccccc4)c3)cc2)c2c1oc1cc(-c3nc(-c4ccccc4)nc(-c4ccc(-c5ccccc5)cc4)n3)ccc21. The molecule has 2 unspecified atom stereocenters. The molecule has 0 radical (unpaired) electrons. The van der Waals surface area contributed by atoms with Gasteiger partial charge in [-0.15, -0.1) is 0 Å². The lowest BCUT2D eigenvalue weighted by molar-refractivity contribution is 0.584. The van der Waals surface area contributed by atoms with Crippen LogP contribution >= 0.6 is 0 Å². The first-order valence-electron chi connectivity index (χ1n) is 21.1. The monoisotopic (exact) mass is 794 g/mol. The lowest BCUT2D eigenvalue weighted by Crippen LogP contribution is -2.30. The standard InChI is InChI=1S/C57H38N4O/c1-4-13-37(14-5-1)39-23-25-42(26-24-39)56-58-55(41-17-8-3-9-18-41)59-57(60-56)45-29-32-48-52(36-45)62-51-34-33-50-53(54(48)51)47-21-10-11-22-49(47)61(50)46-30-27-40(28-31-46)44-20-12-19-43(35-44)38-15-6-2-7-16-38/h1-36,50,53H. The van der Waals surface area contributed by atoms with Crippen LogP contribution in [0, 0.1) is 0 Å². The molecule has 8 aromatic carbocycles. The molecule has 2 atom stereocenters. The van der Waals surface area contributed by atoms with E-state index in [0.717, 1.165) is 44.7 Å². The minimum atomic E-state index is 0.0837. The number of hydrogen-bond acceptors (Lipinski definition) is 5. The van der Waals surface area contributed by atoms with Gasteiger partial charge >= 0.3 is 0 Å². The molecule has 12 rings (SSSR count). The van der Waals surface area contributed by atoms with Crippen molar-refractivity contribution in [2.45, 2.75) is 12.0 Å². The third-order valence-electron chi connectivity index (χ3n) is 12.3. The van der Waals surface area contributed by atoms with Crippen molar-refractivity contribution in [1.82, 2.24) is 15.0 Å². The zero-order valence-corrected chi connectivity index (χ0v) is 33.6. The summed E-state index contributed by atoms with van der Waals surface area (Å²) in [6.07, 6.45) is 4.47. The van der Waals surface area contributed by atoms with E-state index >= 15 is 0 Å². The number of para-hydroxylation sites is 1. The predicted molar refractivity (Wildman–Crippen MR) is 252 cm³/mol. The smallest absolute Gasteiger partial charge is 0.164 e. The quantitative estimate of drug-likeness (QED) is 0.161. The first kappa shape index (κ1) is 35.8. The largest absolute Gasteiger partial charge is 0.456 e. The van der Waals surface area contributed by atoms with Crippen LogP contribution in [0.2, 0.25) is 0 Å². The molecule has 0 saturated heterocycles. The van der Waals surface area contributed by atoms with Gasteiger partial charge in [0.25, 0.3) is 0 Å². The fourth-order valence-electron chi connectivity index (χ4n) is 9.32. The average Bonchev–Trinajstić information content (AvgIpc) is 3.90. The van der Waals surface area contributed by atoms with Crippen LogP contribution in [0.5, 0.6) is 0 Å². The normalized spacial score (nSPS) is 15.0. The molecule has 2 aromatic heterocycles. The average molecular weight is 795 g/mol. The number of hydrogen-bond donors (Lipinski definition) is 0. The number of benzene rings is 8. The van der Waals surface area contributed by atoms with Gasteiger partial charge in [-0.1, -0.05) is 182 Å². The summed E-state index contributed by atoms with van der Waals surface area (Å²) in [4.78, 5) is 17.6. The van der Waals surface area contributed by atoms with Crippen molar-refractivity contribution in [2.75, 3.05) is 4.90 Å². The van der Waals surface area contributed by atoms with E-state index in [-0.39, 0.29) is 12.0 Å². The molecule has 2 aliphatic rings. The molecule has 1 aliphatic heterocycles. The van der Waals surface area contributed by atoms with E-state index in [9.17, 15) is 0 Å². The Hall–Kier alpha value is -8.15. The highest BCUT2D eigenvalue weighted by Gasteiger charge is 2.43. The van der Waals surface area contributed by atoms with E-state index in [4.69, 9.17) is 19.4 Å². The summed E-state index contributed by atoms with van der Waals surface area (Å²) in [5, 5.41) is 1.10. The van der Waals surface area contributed by atoms with Crippen LogP contribution in [0.25, 0.3) is 84.6 Å². The number of fused-ring (bicyclic) bond motifs is 7. The van der Waals surface area contributed by atoms with Crippen molar-refractivity contribution in [3.05, 3.63) is 229 Å². The van der Waals surface area contributed by atoms with E-state index in [1.807, 2.05) is 36.4 Å². The van der Waals surface area contributed by atoms with Gasteiger partial charge in [-0.2, -0.15) is 0 Å². The molecule has 0 N–H and O–H groups in total. The summed E-state index contributed by atoms with van der Waals surface area (Å²) in [5.74, 6) is 2.82. The van der Waals surface area contributed by atoms with Gasteiger partial charge in [-0.25, -0.2) is 15.0 Å². The van der Waals surface area contributed by atoms with Gasteiger partial charge in [-0.3, -0.25) is 0 Å². The fourth-order valence-corrected chi connectivity index (χ4v) is 9.32. The van der Waals surface area contributed by atoms with Gasteiger partial charge in [0.05, 0.1) is 6.04 Å². The second-order valence-electron chi connectivity index (χ2n) is 16.0. The molecule has 0 fully saturated rings. The molecular formula is C57H38N4O. The predicted octanol–water partition coefficient (Wildman–Crippen LogP) is 14.3. The maximum Gasteiger partial charge on any atom is 0.164 e. The summed E-state index contributed by atoms with van der Waals surface area (Å²) in [6.45, 7) is 0. The summed E-state index contributed by atoms with van der Waals surface area (Å²) in [6, 6.07) is 72.6. The van der Waals surface area contributed by atoms with Crippen LogP contribution < -0.4 is 4.90 Å². The molecule has 292 valence electrons. The zero-order valence-electron chi connectivity index (χ0n) is 33.6. The highest BCUT2D eigenvalue weighted by Crippen LogP contribution is 2.53. The lowest BCUT2D eigenvalue weighted by Gasteiger charge is -2.30. The van der Waals surface area contributed by atoms with Crippen LogP contribution in [0.4, 0.5) is 11.4 Å². The topological polar surface area (TPSA) is 55.1 Å². The minimum Gasteiger partial charge on any atom is -0.456 e. The Kier molecular flexibility index (Phi) is 8.56. The number of rotatable bonds is 7. The van der Waals surface area contributed by atoms with Crippen molar-refractivity contribution >= 4 is 28.4 Å². The second-order valence-corrected chi connectivity index (χ2v) is 16.0. The van der Waals surface area contributed by atoms with Crippen LogP contribution in [-0.2, 0) is 0 Å². The Balaban J connectivity index is 0.893. The molecule has 3 heterocycles. The number of furan rings is 1. The van der Waals surface area contributed by atoms with Gasteiger partial charge < -0.3 is 9.32 Å². The van der Waals surface area contributed by atoms with Crippen molar-refractivity contribution in [3.8, 4) is 67.5 Å². The van der Waals surface area contributed by atoms with Crippen LogP contribution in [0.3, 0.4) is 0 Å². The Morgan fingerprint density at radius 3 is 1.56 bits per heavy atom. The minimum absolute atomic E-state index is 0.0837. The van der Waals surface area contributed by atoms with Gasteiger partial charge in [0, 0.05) is 44.9 Å². The highest BCUT2D eigenvalue weighted by atomic mass is 16.3. The van der Waals surface area contributed by atoms with E-state index in [1.165, 1.54) is 44.6 Å². The maximum absolute atomic E-state index is 6.73. The second kappa shape index (κ2) is 14.8. The third kappa shape index (κ3) is 6.22. The Labute approximate surface area is 360 Å². The van der Waals surface area contributed by atoms with Gasteiger partial charge in [0.15, 0.2) is 17.5 Å². The number of anilines is 2. The lowest BCUT2D eigenvalue weighted by atomic mass is 9.82. The first-order chi connectivity index (χ1) is 30.7. The third-order valence-corrected chi connectivity index (χ3v) is 12.3. The van der Waals surface area contributed by atoms with Crippen LogP contribution in [0.15, 0.2) is 217 Å². The van der Waals surface area contributed by atoms with E-state index < -0.39 is 0 Å². The van der Waals surface area contributed by atoms with Gasteiger partial charge in [0.1, 0.15) is 11.3 Å². The summed E-state index contributed by atoms with van der Waals surface area (Å²) < 4.78 is 6.73.